The Morgan fingerprint density at radius 3 is 2.78 bits per heavy atom. The van der Waals surface area contributed by atoms with E-state index in [-0.39, 0.29) is 25.5 Å². The maximum atomic E-state index is 11.3. The molecule has 6 heteroatoms. The number of hydrogen-bond donors (Lipinski definition) is 2. The lowest BCUT2D eigenvalue weighted by atomic mass is 10.2. The highest BCUT2D eigenvalue weighted by Gasteiger charge is 2.10. The van der Waals surface area contributed by atoms with E-state index in [1.165, 1.54) is 0 Å². The van der Waals surface area contributed by atoms with Crippen molar-refractivity contribution >= 4 is 29.1 Å². The second-order valence-electron chi connectivity index (χ2n) is 3.63. The number of carbonyl (C=O) groups is 1. The molecule has 0 radical (unpaired) electrons. The molecule has 0 aliphatic carbocycles. The summed E-state index contributed by atoms with van der Waals surface area (Å²) < 4.78 is 5.50. The van der Waals surface area contributed by atoms with Gasteiger partial charge in [0.1, 0.15) is 5.75 Å². The van der Waals surface area contributed by atoms with Gasteiger partial charge in [0.15, 0.2) is 0 Å². The van der Waals surface area contributed by atoms with Crippen molar-refractivity contribution in [3.05, 3.63) is 27.7 Å². The largest absolute Gasteiger partial charge is 0.491 e. The fourth-order valence-electron chi connectivity index (χ4n) is 1.46. The summed E-state index contributed by atoms with van der Waals surface area (Å²) >= 11 is 11.9. The first kappa shape index (κ1) is 15.1. The van der Waals surface area contributed by atoms with Gasteiger partial charge in [0.2, 0.25) is 5.91 Å². The summed E-state index contributed by atoms with van der Waals surface area (Å²) in [5.74, 6) is 0.435. The minimum Gasteiger partial charge on any atom is -0.491 e. The third-order valence-electron chi connectivity index (χ3n) is 2.25. The average molecular weight is 291 g/mol. The van der Waals surface area contributed by atoms with E-state index in [9.17, 15) is 4.79 Å². The Hall–Kier alpha value is -0.970. The molecule has 0 spiro atoms. The Morgan fingerprint density at radius 2 is 2.17 bits per heavy atom. The molecule has 1 aromatic rings. The number of rotatable bonds is 6. The summed E-state index contributed by atoms with van der Waals surface area (Å²) in [6, 6.07) is 3.29. The summed E-state index contributed by atoms with van der Waals surface area (Å²) in [5, 5.41) is 3.60. The molecular weight excluding hydrogens is 275 g/mol. The summed E-state index contributed by atoms with van der Waals surface area (Å²) in [6.07, 6.45) is 0.275. The van der Waals surface area contributed by atoms with Gasteiger partial charge in [0.25, 0.3) is 0 Å². The quantitative estimate of drug-likeness (QED) is 0.845. The Labute approximate surface area is 116 Å². The number of carbonyl (C=O) groups excluding carboxylic acids is 1. The molecule has 18 heavy (non-hydrogen) atoms. The van der Waals surface area contributed by atoms with Crippen molar-refractivity contribution in [2.75, 3.05) is 13.2 Å². The molecule has 0 saturated heterocycles. The lowest BCUT2D eigenvalue weighted by Gasteiger charge is -2.12. The van der Waals surface area contributed by atoms with Gasteiger partial charge in [-0.05, 0) is 19.1 Å². The van der Waals surface area contributed by atoms with Crippen LogP contribution in [0.25, 0.3) is 0 Å². The molecular formula is C12H16Cl2N2O2. The van der Waals surface area contributed by atoms with Gasteiger partial charge in [-0.3, -0.25) is 4.79 Å². The number of benzene rings is 1. The van der Waals surface area contributed by atoms with E-state index in [1.54, 1.807) is 12.1 Å². The van der Waals surface area contributed by atoms with E-state index in [2.05, 4.69) is 5.32 Å². The van der Waals surface area contributed by atoms with Gasteiger partial charge in [-0.1, -0.05) is 23.2 Å². The maximum Gasteiger partial charge on any atom is 0.223 e. The summed E-state index contributed by atoms with van der Waals surface area (Å²) in [5.41, 5.74) is 6.32. The summed E-state index contributed by atoms with van der Waals surface area (Å²) in [7, 11) is 0. The van der Waals surface area contributed by atoms with Crippen LogP contribution in [0.4, 0.5) is 0 Å². The van der Waals surface area contributed by atoms with Crippen LogP contribution in [0.3, 0.4) is 0 Å². The molecule has 1 aromatic carbocycles. The minimum atomic E-state index is -0.0584. The molecule has 1 amide bonds. The standard InChI is InChI=1S/C12H16Cl2N2O2/c1-2-16-11(17)3-4-18-12-8(7-15)5-9(13)6-10(12)14/h5-6H,2-4,7,15H2,1H3,(H,16,17). The van der Waals surface area contributed by atoms with E-state index < -0.39 is 0 Å². The van der Waals surface area contributed by atoms with Crippen LogP contribution in [0.2, 0.25) is 10.0 Å². The Bertz CT molecular complexity index is 425. The van der Waals surface area contributed by atoms with Crippen molar-refractivity contribution in [2.45, 2.75) is 19.9 Å². The first-order chi connectivity index (χ1) is 8.58. The fourth-order valence-corrected chi connectivity index (χ4v) is 2.05. The van der Waals surface area contributed by atoms with Crippen LogP contribution >= 0.6 is 23.2 Å². The maximum absolute atomic E-state index is 11.3. The van der Waals surface area contributed by atoms with Crippen molar-refractivity contribution in [3.63, 3.8) is 0 Å². The second kappa shape index (κ2) is 7.46. The summed E-state index contributed by atoms with van der Waals surface area (Å²) in [4.78, 5) is 11.3. The topological polar surface area (TPSA) is 64.3 Å². The molecule has 0 atom stereocenters. The van der Waals surface area contributed by atoms with Crippen molar-refractivity contribution in [1.82, 2.24) is 5.32 Å². The highest BCUT2D eigenvalue weighted by Crippen LogP contribution is 2.32. The highest BCUT2D eigenvalue weighted by atomic mass is 35.5. The van der Waals surface area contributed by atoms with E-state index in [4.69, 9.17) is 33.7 Å². The van der Waals surface area contributed by atoms with Gasteiger partial charge in [0, 0.05) is 23.7 Å². The number of ether oxygens (including phenoxy) is 1. The SMILES string of the molecule is CCNC(=O)CCOc1c(Cl)cc(Cl)cc1CN. The van der Waals surface area contributed by atoms with Gasteiger partial charge in [-0.25, -0.2) is 0 Å². The van der Waals surface area contributed by atoms with Crippen LogP contribution in [0.15, 0.2) is 12.1 Å². The van der Waals surface area contributed by atoms with Crippen LogP contribution in [-0.2, 0) is 11.3 Å². The van der Waals surface area contributed by atoms with Gasteiger partial charge < -0.3 is 15.8 Å². The average Bonchev–Trinajstić information content (AvgIpc) is 2.31. The number of halogens is 2. The first-order valence-electron chi connectivity index (χ1n) is 5.66. The van der Waals surface area contributed by atoms with Crippen LogP contribution in [0.5, 0.6) is 5.75 Å². The third-order valence-corrected chi connectivity index (χ3v) is 2.75. The molecule has 3 N–H and O–H groups in total. The molecule has 0 heterocycles. The van der Waals surface area contributed by atoms with Gasteiger partial charge >= 0.3 is 0 Å². The van der Waals surface area contributed by atoms with Crippen molar-refractivity contribution in [3.8, 4) is 5.75 Å². The molecule has 0 aliphatic rings. The van der Waals surface area contributed by atoms with Crippen LogP contribution in [0.1, 0.15) is 18.9 Å². The predicted octanol–water partition coefficient (Wildman–Crippen LogP) is 2.36. The zero-order valence-corrected chi connectivity index (χ0v) is 11.6. The Balaban J connectivity index is 2.64. The normalized spacial score (nSPS) is 10.2. The number of nitrogens with one attached hydrogen (secondary N) is 1. The fraction of sp³-hybridized carbons (Fsp3) is 0.417. The molecule has 0 bridgehead atoms. The van der Waals surface area contributed by atoms with Crippen molar-refractivity contribution in [2.24, 2.45) is 5.73 Å². The first-order valence-corrected chi connectivity index (χ1v) is 6.41. The monoisotopic (exact) mass is 290 g/mol. The lowest BCUT2D eigenvalue weighted by Crippen LogP contribution is -2.24. The summed E-state index contributed by atoms with van der Waals surface area (Å²) in [6.45, 7) is 2.99. The van der Waals surface area contributed by atoms with Gasteiger partial charge in [-0.15, -0.1) is 0 Å². The zero-order chi connectivity index (χ0) is 13.5. The molecule has 1 rings (SSSR count). The van der Waals surface area contributed by atoms with Gasteiger partial charge in [-0.2, -0.15) is 0 Å². The smallest absolute Gasteiger partial charge is 0.223 e. The molecule has 4 nitrogen and oxygen atoms in total. The highest BCUT2D eigenvalue weighted by molar-refractivity contribution is 6.35. The molecule has 0 saturated carbocycles. The molecule has 0 fully saturated rings. The second-order valence-corrected chi connectivity index (χ2v) is 4.48. The minimum absolute atomic E-state index is 0.0584. The third kappa shape index (κ3) is 4.37. The number of hydrogen-bond acceptors (Lipinski definition) is 3. The predicted molar refractivity (Wildman–Crippen MR) is 73.1 cm³/mol. The molecule has 100 valence electrons. The van der Waals surface area contributed by atoms with E-state index in [0.29, 0.717) is 22.3 Å². The van der Waals surface area contributed by atoms with E-state index in [0.717, 1.165) is 5.56 Å². The van der Waals surface area contributed by atoms with Crippen LogP contribution in [0, 0.1) is 0 Å². The van der Waals surface area contributed by atoms with Crippen molar-refractivity contribution in [1.29, 1.82) is 0 Å². The Kier molecular flexibility index (Phi) is 6.25. The number of nitrogens with two attached hydrogens (primary N) is 1. The van der Waals surface area contributed by atoms with Crippen LogP contribution in [-0.4, -0.2) is 19.1 Å². The van der Waals surface area contributed by atoms with E-state index >= 15 is 0 Å². The zero-order valence-electron chi connectivity index (χ0n) is 10.1. The lowest BCUT2D eigenvalue weighted by molar-refractivity contribution is -0.121. The molecule has 0 unspecified atom stereocenters. The number of amides is 1. The molecule has 0 aromatic heterocycles. The van der Waals surface area contributed by atoms with Crippen molar-refractivity contribution < 1.29 is 9.53 Å². The Morgan fingerprint density at radius 1 is 1.44 bits per heavy atom. The van der Waals surface area contributed by atoms with E-state index in [1.807, 2.05) is 6.92 Å². The molecule has 0 aliphatic heterocycles. The van der Waals surface area contributed by atoms with Crippen LogP contribution < -0.4 is 15.8 Å². The van der Waals surface area contributed by atoms with Gasteiger partial charge in [0.05, 0.1) is 18.1 Å².